The first-order chi connectivity index (χ1) is 7.82. The smallest absolute Gasteiger partial charge is 0.381 e. The minimum atomic E-state index is -4.33. The highest BCUT2D eigenvalue weighted by Gasteiger charge is 2.31. The molecule has 0 fully saturated rings. The Balaban J connectivity index is 2.87. The number of anilines is 1. The highest BCUT2D eigenvalue weighted by Crippen LogP contribution is 2.33. The number of benzene rings is 1. The van der Waals surface area contributed by atoms with E-state index in [1.165, 1.54) is 0 Å². The summed E-state index contributed by atoms with van der Waals surface area (Å²) in [4.78, 5) is 0. The second-order valence-corrected chi connectivity index (χ2v) is 4.60. The number of hydrogen-bond donors (Lipinski definition) is 1. The molecule has 0 saturated heterocycles. The van der Waals surface area contributed by atoms with Crippen LogP contribution < -0.4 is 5.32 Å². The highest BCUT2D eigenvalue weighted by molar-refractivity contribution is 9.10. The maximum absolute atomic E-state index is 12.5. The van der Waals surface area contributed by atoms with Crippen molar-refractivity contribution in [1.29, 1.82) is 0 Å². The van der Waals surface area contributed by atoms with E-state index in [4.69, 9.17) is 0 Å². The molecule has 0 saturated carbocycles. The van der Waals surface area contributed by atoms with Crippen LogP contribution in [-0.4, -0.2) is 6.54 Å². The Bertz CT molecular complexity index is 413. The van der Waals surface area contributed by atoms with Gasteiger partial charge in [-0.15, -0.1) is 0 Å². The van der Waals surface area contributed by atoms with E-state index in [1.54, 1.807) is 6.07 Å². The van der Waals surface area contributed by atoms with Crippen molar-refractivity contribution in [3.8, 4) is 0 Å². The SMILES string of the molecule is C=C(CC)CNc1cc(Br)cc(C(F)(F)F)c1. The second-order valence-electron chi connectivity index (χ2n) is 3.68. The van der Waals surface area contributed by atoms with Gasteiger partial charge in [-0.1, -0.05) is 35.0 Å². The predicted molar refractivity (Wildman–Crippen MR) is 67.1 cm³/mol. The third-order valence-electron chi connectivity index (χ3n) is 2.27. The maximum atomic E-state index is 12.5. The Morgan fingerprint density at radius 2 is 2.00 bits per heavy atom. The van der Waals surface area contributed by atoms with Crippen molar-refractivity contribution < 1.29 is 13.2 Å². The lowest BCUT2D eigenvalue weighted by molar-refractivity contribution is -0.137. The van der Waals surface area contributed by atoms with Gasteiger partial charge < -0.3 is 5.32 Å². The van der Waals surface area contributed by atoms with Crippen LogP contribution in [0.25, 0.3) is 0 Å². The van der Waals surface area contributed by atoms with Gasteiger partial charge in [0.15, 0.2) is 0 Å². The summed E-state index contributed by atoms with van der Waals surface area (Å²) < 4.78 is 38.0. The van der Waals surface area contributed by atoms with Crippen LogP contribution >= 0.6 is 15.9 Å². The molecule has 0 radical (unpaired) electrons. The second kappa shape index (κ2) is 5.58. The molecule has 0 amide bonds. The standard InChI is InChI=1S/C12H13BrF3N/c1-3-8(2)7-17-11-5-9(12(14,15)16)4-10(13)6-11/h4-6,17H,2-3,7H2,1H3. The molecule has 0 aliphatic rings. The number of halogens is 4. The summed E-state index contributed by atoms with van der Waals surface area (Å²) in [5.41, 5.74) is 0.705. The Morgan fingerprint density at radius 3 is 2.53 bits per heavy atom. The highest BCUT2D eigenvalue weighted by atomic mass is 79.9. The van der Waals surface area contributed by atoms with E-state index in [0.717, 1.165) is 24.1 Å². The average Bonchev–Trinajstić information content (AvgIpc) is 2.24. The molecular formula is C12H13BrF3N. The zero-order valence-electron chi connectivity index (χ0n) is 9.37. The summed E-state index contributed by atoms with van der Waals surface area (Å²) in [7, 11) is 0. The molecule has 0 aliphatic heterocycles. The van der Waals surface area contributed by atoms with E-state index in [1.807, 2.05) is 6.92 Å². The molecule has 0 unspecified atom stereocenters. The first-order valence-electron chi connectivity index (χ1n) is 5.11. The van der Waals surface area contributed by atoms with Gasteiger partial charge in [-0.2, -0.15) is 13.2 Å². The lowest BCUT2D eigenvalue weighted by atomic mass is 10.2. The minimum Gasteiger partial charge on any atom is -0.381 e. The van der Waals surface area contributed by atoms with Crippen LogP contribution in [0.1, 0.15) is 18.9 Å². The molecule has 1 aromatic rings. The largest absolute Gasteiger partial charge is 0.416 e. The fourth-order valence-corrected chi connectivity index (χ4v) is 1.70. The quantitative estimate of drug-likeness (QED) is 0.784. The normalized spacial score (nSPS) is 11.4. The van der Waals surface area contributed by atoms with Crippen molar-refractivity contribution in [1.82, 2.24) is 0 Å². The summed E-state index contributed by atoms with van der Waals surface area (Å²) in [6.45, 7) is 6.21. The van der Waals surface area contributed by atoms with Crippen LogP contribution in [0.4, 0.5) is 18.9 Å². The van der Waals surface area contributed by atoms with E-state index in [2.05, 4.69) is 27.8 Å². The van der Waals surface area contributed by atoms with Crippen LogP contribution in [0.2, 0.25) is 0 Å². The number of alkyl halides is 3. The lowest BCUT2D eigenvalue weighted by Gasteiger charge is -2.12. The minimum absolute atomic E-state index is 0.400. The molecule has 0 bridgehead atoms. The van der Waals surface area contributed by atoms with Gasteiger partial charge in [-0.25, -0.2) is 0 Å². The van der Waals surface area contributed by atoms with Crippen LogP contribution in [0, 0.1) is 0 Å². The van der Waals surface area contributed by atoms with Crippen molar-refractivity contribution in [2.45, 2.75) is 19.5 Å². The number of rotatable bonds is 4. The van der Waals surface area contributed by atoms with E-state index >= 15 is 0 Å². The van der Waals surface area contributed by atoms with Gasteiger partial charge in [-0.05, 0) is 24.6 Å². The first kappa shape index (κ1) is 14.1. The Kier molecular flexibility index (Phi) is 4.62. The number of nitrogens with one attached hydrogen (secondary N) is 1. The molecule has 0 heterocycles. The molecule has 1 aromatic carbocycles. The molecular weight excluding hydrogens is 295 g/mol. The van der Waals surface area contributed by atoms with Gasteiger partial charge >= 0.3 is 6.18 Å². The fourth-order valence-electron chi connectivity index (χ4n) is 1.21. The summed E-state index contributed by atoms with van der Waals surface area (Å²) in [5.74, 6) is 0. The predicted octanol–water partition coefficient (Wildman–Crippen LogP) is 4.85. The molecule has 0 aromatic heterocycles. The lowest BCUT2D eigenvalue weighted by Crippen LogP contribution is -2.08. The molecule has 0 spiro atoms. The number of hydrogen-bond acceptors (Lipinski definition) is 1. The Morgan fingerprint density at radius 1 is 1.35 bits per heavy atom. The van der Waals surface area contributed by atoms with Crippen LogP contribution in [-0.2, 0) is 6.18 Å². The van der Waals surface area contributed by atoms with Crippen LogP contribution in [0.15, 0.2) is 34.8 Å². The van der Waals surface area contributed by atoms with Gasteiger partial charge in [0.25, 0.3) is 0 Å². The molecule has 17 heavy (non-hydrogen) atoms. The molecule has 0 aliphatic carbocycles. The van der Waals surface area contributed by atoms with Crippen molar-refractivity contribution in [3.63, 3.8) is 0 Å². The van der Waals surface area contributed by atoms with Crippen molar-refractivity contribution in [2.24, 2.45) is 0 Å². The van der Waals surface area contributed by atoms with Crippen molar-refractivity contribution in [2.75, 3.05) is 11.9 Å². The summed E-state index contributed by atoms with van der Waals surface area (Å²) in [6.07, 6.45) is -3.53. The molecule has 1 N–H and O–H groups in total. The van der Waals surface area contributed by atoms with Crippen molar-refractivity contribution >= 4 is 21.6 Å². The van der Waals surface area contributed by atoms with Gasteiger partial charge in [0.05, 0.1) is 5.56 Å². The molecule has 1 nitrogen and oxygen atoms in total. The van der Waals surface area contributed by atoms with E-state index < -0.39 is 11.7 Å². The van der Waals surface area contributed by atoms with Gasteiger partial charge in [0.2, 0.25) is 0 Å². The average molecular weight is 308 g/mol. The third kappa shape index (κ3) is 4.42. The summed E-state index contributed by atoms with van der Waals surface area (Å²) in [6, 6.07) is 3.76. The van der Waals surface area contributed by atoms with E-state index in [0.29, 0.717) is 16.7 Å². The topological polar surface area (TPSA) is 12.0 Å². The van der Waals surface area contributed by atoms with Crippen molar-refractivity contribution in [3.05, 3.63) is 40.4 Å². The van der Waals surface area contributed by atoms with E-state index in [-0.39, 0.29) is 0 Å². The molecule has 94 valence electrons. The summed E-state index contributed by atoms with van der Waals surface area (Å²) >= 11 is 3.07. The van der Waals surface area contributed by atoms with Crippen LogP contribution in [0.3, 0.4) is 0 Å². The zero-order valence-corrected chi connectivity index (χ0v) is 11.0. The van der Waals surface area contributed by atoms with Crippen LogP contribution in [0.5, 0.6) is 0 Å². The van der Waals surface area contributed by atoms with Gasteiger partial charge in [-0.3, -0.25) is 0 Å². The summed E-state index contributed by atoms with van der Waals surface area (Å²) in [5, 5.41) is 2.92. The van der Waals surface area contributed by atoms with E-state index in [9.17, 15) is 13.2 Å². The van der Waals surface area contributed by atoms with Gasteiger partial charge in [0, 0.05) is 16.7 Å². The monoisotopic (exact) mass is 307 g/mol. The maximum Gasteiger partial charge on any atom is 0.416 e. The third-order valence-corrected chi connectivity index (χ3v) is 2.73. The molecule has 5 heteroatoms. The fraction of sp³-hybridized carbons (Fsp3) is 0.333. The zero-order chi connectivity index (χ0) is 13.1. The first-order valence-corrected chi connectivity index (χ1v) is 5.90. The van der Waals surface area contributed by atoms with Gasteiger partial charge in [0.1, 0.15) is 0 Å². The Labute approximate surface area is 107 Å². The molecule has 1 rings (SSSR count). The molecule has 0 atom stereocenters. The Hall–Kier alpha value is -0.970.